The number of para-hydroxylation sites is 1. The highest BCUT2D eigenvalue weighted by Crippen LogP contribution is 2.30. The van der Waals surface area contributed by atoms with Gasteiger partial charge < -0.3 is 10.4 Å². The molecule has 2 nitrogen and oxygen atoms in total. The van der Waals surface area contributed by atoms with Gasteiger partial charge in [-0.05, 0) is 18.2 Å². The summed E-state index contributed by atoms with van der Waals surface area (Å²) in [4.78, 5) is 0. The van der Waals surface area contributed by atoms with Crippen molar-refractivity contribution in [2.45, 2.75) is 6.54 Å². The van der Waals surface area contributed by atoms with E-state index in [2.05, 4.69) is 5.32 Å². The Morgan fingerprint density at radius 3 is 2.53 bits per heavy atom. The number of hydrogen-bond acceptors (Lipinski definition) is 2. The van der Waals surface area contributed by atoms with Crippen LogP contribution in [0.5, 0.6) is 5.75 Å². The third-order valence-electron chi connectivity index (χ3n) is 2.41. The van der Waals surface area contributed by atoms with Gasteiger partial charge in [0.15, 0.2) is 0 Å². The minimum atomic E-state index is 0.262. The number of benzene rings is 2. The van der Waals surface area contributed by atoms with Gasteiger partial charge >= 0.3 is 0 Å². The number of phenols is 1. The Kier molecular flexibility index (Phi) is 3.77. The van der Waals surface area contributed by atoms with Gasteiger partial charge in [0.25, 0.3) is 0 Å². The number of hydrogen-bond donors (Lipinski definition) is 2. The van der Waals surface area contributed by atoms with Crippen LogP contribution in [0.3, 0.4) is 0 Å². The largest absolute Gasteiger partial charge is 0.508 e. The summed E-state index contributed by atoms with van der Waals surface area (Å²) in [6.07, 6.45) is 0. The molecule has 0 aliphatic rings. The molecule has 88 valence electrons. The molecule has 2 rings (SSSR count). The first-order chi connectivity index (χ1) is 8.18. The predicted octanol–water partition coefficient (Wildman–Crippen LogP) is 4.31. The second-order valence-electron chi connectivity index (χ2n) is 3.58. The summed E-state index contributed by atoms with van der Waals surface area (Å²) in [5, 5.41) is 13.7. The Bertz CT molecular complexity index is 529. The van der Waals surface area contributed by atoms with Crippen LogP contribution < -0.4 is 5.32 Å². The van der Waals surface area contributed by atoms with Crippen LogP contribution in [0.15, 0.2) is 42.5 Å². The van der Waals surface area contributed by atoms with Crippen LogP contribution >= 0.6 is 23.2 Å². The number of nitrogens with one attached hydrogen (secondary N) is 1. The van der Waals surface area contributed by atoms with E-state index in [0.717, 1.165) is 11.3 Å². The fourth-order valence-electron chi connectivity index (χ4n) is 1.49. The smallest absolute Gasteiger partial charge is 0.120 e. The first-order valence-corrected chi connectivity index (χ1v) is 5.89. The molecule has 0 heterocycles. The number of rotatable bonds is 3. The van der Waals surface area contributed by atoms with Crippen molar-refractivity contribution in [3.8, 4) is 5.75 Å². The first-order valence-electron chi connectivity index (χ1n) is 5.13. The van der Waals surface area contributed by atoms with E-state index in [-0.39, 0.29) is 5.75 Å². The fraction of sp³-hybridized carbons (Fsp3) is 0.0769. The molecule has 4 heteroatoms. The van der Waals surface area contributed by atoms with E-state index in [1.807, 2.05) is 24.3 Å². The van der Waals surface area contributed by atoms with E-state index in [0.29, 0.717) is 16.6 Å². The van der Waals surface area contributed by atoms with Gasteiger partial charge in [0.2, 0.25) is 0 Å². The lowest BCUT2D eigenvalue weighted by Crippen LogP contribution is -2.00. The summed E-state index contributed by atoms with van der Waals surface area (Å²) in [5.74, 6) is 0.262. The van der Waals surface area contributed by atoms with Crippen molar-refractivity contribution in [2.24, 2.45) is 0 Å². The Morgan fingerprint density at radius 1 is 1.00 bits per heavy atom. The average Bonchev–Trinajstić information content (AvgIpc) is 2.33. The minimum Gasteiger partial charge on any atom is -0.508 e. The highest BCUT2D eigenvalue weighted by Gasteiger charge is 2.05. The molecule has 0 aliphatic carbocycles. The van der Waals surface area contributed by atoms with Gasteiger partial charge in [0.05, 0.1) is 15.7 Å². The maximum absolute atomic E-state index is 9.61. The minimum absolute atomic E-state index is 0.262. The van der Waals surface area contributed by atoms with Crippen molar-refractivity contribution >= 4 is 28.9 Å². The molecule has 0 saturated heterocycles. The van der Waals surface area contributed by atoms with Crippen molar-refractivity contribution in [3.05, 3.63) is 58.1 Å². The van der Waals surface area contributed by atoms with Gasteiger partial charge in [0, 0.05) is 12.1 Å². The van der Waals surface area contributed by atoms with E-state index in [1.54, 1.807) is 18.2 Å². The molecule has 0 saturated carbocycles. The van der Waals surface area contributed by atoms with Crippen molar-refractivity contribution < 1.29 is 5.11 Å². The molecule has 0 bridgehead atoms. The summed E-state index contributed by atoms with van der Waals surface area (Å²) in [6, 6.07) is 12.5. The number of anilines is 1. The Labute approximate surface area is 110 Å². The summed E-state index contributed by atoms with van der Waals surface area (Å²) >= 11 is 11.9. The van der Waals surface area contributed by atoms with Crippen molar-refractivity contribution in [1.82, 2.24) is 0 Å². The molecule has 2 aromatic rings. The molecule has 0 fully saturated rings. The van der Waals surface area contributed by atoms with E-state index < -0.39 is 0 Å². The molecular formula is C13H11Cl2NO. The lowest BCUT2D eigenvalue weighted by atomic mass is 10.2. The fourth-order valence-corrected chi connectivity index (χ4v) is 1.86. The standard InChI is InChI=1S/C13H11Cl2NO/c14-10-5-3-6-11(13(10)15)16-8-9-4-1-2-7-12(9)17/h1-7,16-17H,8H2. The maximum Gasteiger partial charge on any atom is 0.120 e. The Balaban J connectivity index is 2.13. The molecule has 0 unspecified atom stereocenters. The van der Waals surface area contributed by atoms with Gasteiger partial charge in [-0.2, -0.15) is 0 Å². The number of aromatic hydroxyl groups is 1. The first kappa shape index (κ1) is 12.1. The van der Waals surface area contributed by atoms with E-state index in [9.17, 15) is 5.11 Å². The van der Waals surface area contributed by atoms with E-state index >= 15 is 0 Å². The maximum atomic E-state index is 9.61. The second kappa shape index (κ2) is 5.30. The Hall–Kier alpha value is -1.38. The van der Waals surface area contributed by atoms with Gasteiger partial charge in [-0.1, -0.05) is 47.5 Å². The molecule has 0 amide bonds. The van der Waals surface area contributed by atoms with Crippen molar-refractivity contribution in [3.63, 3.8) is 0 Å². The van der Waals surface area contributed by atoms with Crippen LogP contribution in [0.2, 0.25) is 10.0 Å². The zero-order chi connectivity index (χ0) is 12.3. The molecule has 0 aliphatic heterocycles. The number of phenolic OH excluding ortho intramolecular Hbond substituents is 1. The zero-order valence-electron chi connectivity index (χ0n) is 8.95. The molecule has 17 heavy (non-hydrogen) atoms. The third kappa shape index (κ3) is 2.84. The van der Waals surface area contributed by atoms with Crippen LogP contribution in [0.25, 0.3) is 0 Å². The van der Waals surface area contributed by atoms with Crippen LogP contribution in [0.1, 0.15) is 5.56 Å². The van der Waals surface area contributed by atoms with Gasteiger partial charge in [-0.15, -0.1) is 0 Å². The normalized spacial score (nSPS) is 10.2. The quantitative estimate of drug-likeness (QED) is 0.869. The highest BCUT2D eigenvalue weighted by molar-refractivity contribution is 6.43. The monoisotopic (exact) mass is 267 g/mol. The summed E-state index contributed by atoms with van der Waals surface area (Å²) < 4.78 is 0. The van der Waals surface area contributed by atoms with Gasteiger partial charge in [-0.25, -0.2) is 0 Å². The zero-order valence-corrected chi connectivity index (χ0v) is 10.5. The molecule has 0 radical (unpaired) electrons. The average molecular weight is 268 g/mol. The van der Waals surface area contributed by atoms with Crippen LogP contribution in [0, 0.1) is 0 Å². The van der Waals surface area contributed by atoms with E-state index in [1.165, 1.54) is 0 Å². The van der Waals surface area contributed by atoms with Crippen LogP contribution in [-0.2, 0) is 6.54 Å². The Morgan fingerprint density at radius 2 is 1.76 bits per heavy atom. The molecular weight excluding hydrogens is 257 g/mol. The lowest BCUT2D eigenvalue weighted by molar-refractivity contribution is 0.469. The van der Waals surface area contributed by atoms with Crippen molar-refractivity contribution in [2.75, 3.05) is 5.32 Å². The van der Waals surface area contributed by atoms with Crippen LogP contribution in [0.4, 0.5) is 5.69 Å². The highest BCUT2D eigenvalue weighted by atomic mass is 35.5. The predicted molar refractivity (Wildman–Crippen MR) is 71.9 cm³/mol. The summed E-state index contributed by atoms with van der Waals surface area (Å²) in [6.45, 7) is 0.493. The van der Waals surface area contributed by atoms with Crippen molar-refractivity contribution in [1.29, 1.82) is 0 Å². The second-order valence-corrected chi connectivity index (χ2v) is 4.37. The van der Waals surface area contributed by atoms with Gasteiger partial charge in [0.1, 0.15) is 5.75 Å². The molecule has 0 atom stereocenters. The SMILES string of the molecule is Oc1ccccc1CNc1cccc(Cl)c1Cl. The van der Waals surface area contributed by atoms with E-state index in [4.69, 9.17) is 23.2 Å². The molecule has 2 N–H and O–H groups in total. The number of halogens is 2. The molecule has 2 aromatic carbocycles. The topological polar surface area (TPSA) is 32.3 Å². The molecule has 0 spiro atoms. The molecule has 0 aromatic heterocycles. The van der Waals surface area contributed by atoms with Crippen LogP contribution in [-0.4, -0.2) is 5.11 Å². The third-order valence-corrected chi connectivity index (χ3v) is 3.23. The lowest BCUT2D eigenvalue weighted by Gasteiger charge is -2.10. The summed E-state index contributed by atoms with van der Waals surface area (Å²) in [5.41, 5.74) is 1.56. The van der Waals surface area contributed by atoms with Gasteiger partial charge in [-0.3, -0.25) is 0 Å². The summed E-state index contributed by atoms with van der Waals surface area (Å²) in [7, 11) is 0.